The lowest BCUT2D eigenvalue weighted by Gasteiger charge is -2.10. The highest BCUT2D eigenvalue weighted by Gasteiger charge is 2.56. The van der Waals surface area contributed by atoms with E-state index in [-0.39, 0.29) is 0 Å². The lowest BCUT2D eigenvalue weighted by molar-refractivity contribution is -0.241. The molecule has 0 spiro atoms. The van der Waals surface area contributed by atoms with Crippen molar-refractivity contribution in [3.63, 3.8) is 0 Å². The van der Waals surface area contributed by atoms with Crippen LogP contribution in [-0.2, 0) is 0 Å². The molecular weight excluding hydrogens is 254 g/mol. The number of hydrogen-bond acceptors (Lipinski definition) is 0. The number of rotatable bonds is 0. The van der Waals surface area contributed by atoms with Crippen molar-refractivity contribution in [2.75, 3.05) is 6.67 Å². The minimum absolute atomic E-state index is 2.23. The van der Waals surface area contributed by atoms with E-state index in [2.05, 4.69) is 11.6 Å². The molecule has 0 bridgehead atoms. The van der Waals surface area contributed by atoms with Crippen LogP contribution in [0.1, 0.15) is 0 Å². The van der Waals surface area contributed by atoms with Crippen molar-refractivity contribution < 1.29 is 39.5 Å². The number of hydrogen-bond donors (Lipinski definition) is 0. The van der Waals surface area contributed by atoms with Gasteiger partial charge in [-0.15, -0.1) is 0 Å². The second-order valence-electron chi connectivity index (χ2n) is 1.74. The Balaban J connectivity index is 0. The lowest BCUT2D eigenvalue weighted by Crippen LogP contribution is -2.29. The van der Waals surface area contributed by atoms with Gasteiger partial charge in [-0.1, -0.05) is 0 Å². The van der Waals surface area contributed by atoms with Gasteiger partial charge in [0.05, 0.1) is 0 Å². The topological polar surface area (TPSA) is 0 Å². The van der Waals surface area contributed by atoms with Crippen molar-refractivity contribution in [2.24, 2.45) is 0 Å². The van der Waals surface area contributed by atoms with E-state index < -0.39 is 24.4 Å². The molecule has 0 aliphatic carbocycles. The molecule has 0 aliphatic heterocycles. The Morgan fingerprint density at radius 2 is 0.929 bits per heavy atom. The highest BCUT2D eigenvalue weighted by molar-refractivity contribution is 6.22. The molecule has 0 aromatic heterocycles. The fourth-order valence-corrected chi connectivity index (χ4v) is 0. The Morgan fingerprint density at radius 1 is 0.786 bits per heavy atom. The molecule has 0 fully saturated rings. The summed E-state index contributed by atoms with van der Waals surface area (Å²) in [6.45, 7) is -2.23. The molecule has 88 valence electrons. The van der Waals surface area contributed by atoms with Gasteiger partial charge < -0.3 is 0 Å². The Bertz CT molecular complexity index is 138. The summed E-state index contributed by atoms with van der Waals surface area (Å²) in [5.41, 5.74) is 0. The molecule has 0 amide bonds. The first-order valence-electron chi connectivity index (χ1n) is 2.57. The average molecular weight is 256 g/mol. The van der Waals surface area contributed by atoms with E-state index in [1.54, 1.807) is 0 Å². The zero-order valence-corrected chi connectivity index (χ0v) is 6.74. The van der Waals surface area contributed by atoms with E-state index >= 15 is 0 Å². The summed E-state index contributed by atoms with van der Waals surface area (Å²) in [6, 6.07) is 0. The van der Waals surface area contributed by atoms with Crippen LogP contribution in [0.2, 0.25) is 0 Å². The summed E-state index contributed by atoms with van der Waals surface area (Å²) in [4.78, 5) is 0. The largest absolute Gasteiger partial charge is 0.469 e. The van der Waals surface area contributed by atoms with Crippen LogP contribution in [0.4, 0.5) is 39.5 Å². The van der Waals surface area contributed by atoms with E-state index in [1.807, 2.05) is 0 Å². The van der Waals surface area contributed by atoms with E-state index in [4.69, 9.17) is 0 Å². The van der Waals surface area contributed by atoms with Gasteiger partial charge in [0.1, 0.15) is 0 Å². The zero-order valence-electron chi connectivity index (χ0n) is 5.99. The molecular formula is C4H2ClF9. The molecule has 14 heavy (non-hydrogen) atoms. The first-order valence-corrected chi connectivity index (χ1v) is 2.95. The highest BCUT2D eigenvalue weighted by Crippen LogP contribution is 2.38. The molecule has 0 rings (SSSR count). The maximum atomic E-state index is 10.9. The van der Waals surface area contributed by atoms with Crippen LogP contribution >= 0.6 is 11.6 Å². The zero-order chi connectivity index (χ0) is 12.2. The molecule has 0 heterocycles. The van der Waals surface area contributed by atoms with Crippen molar-refractivity contribution in [2.45, 2.75) is 17.7 Å². The minimum Gasteiger partial charge on any atom is -0.241 e. The second-order valence-corrected chi connectivity index (χ2v) is 2.22. The average Bonchev–Trinajstić information content (AvgIpc) is 1.82. The predicted octanol–water partition coefficient (Wildman–Crippen LogP) is 3.90. The summed E-state index contributed by atoms with van der Waals surface area (Å²) in [5, 5.41) is -5.09. The van der Waals surface area contributed by atoms with Gasteiger partial charge >= 0.3 is 17.7 Å². The summed E-state index contributed by atoms with van der Waals surface area (Å²) in [5.74, 6) is 0. The van der Waals surface area contributed by atoms with E-state index in [0.29, 0.717) is 0 Å². The van der Waals surface area contributed by atoms with Gasteiger partial charge in [0.25, 0.3) is 0 Å². The van der Waals surface area contributed by atoms with Crippen molar-refractivity contribution in [1.29, 1.82) is 0 Å². The third kappa shape index (κ3) is 9.75. The summed E-state index contributed by atoms with van der Waals surface area (Å²) < 4.78 is 95.4. The van der Waals surface area contributed by atoms with Crippen LogP contribution in [0.5, 0.6) is 0 Å². The van der Waals surface area contributed by atoms with Crippen molar-refractivity contribution in [1.82, 2.24) is 0 Å². The monoisotopic (exact) mass is 256 g/mol. The summed E-state index contributed by atoms with van der Waals surface area (Å²) in [7, 11) is 0. The Hall–Kier alpha value is -0.340. The van der Waals surface area contributed by atoms with Gasteiger partial charge in [-0.05, 0) is 11.6 Å². The predicted molar refractivity (Wildman–Crippen MR) is 28.9 cm³/mol. The first-order chi connectivity index (χ1) is 5.81. The van der Waals surface area contributed by atoms with E-state index in [1.165, 1.54) is 0 Å². The van der Waals surface area contributed by atoms with E-state index in [9.17, 15) is 39.5 Å². The molecule has 0 nitrogen and oxygen atoms in total. The highest BCUT2D eigenvalue weighted by atomic mass is 35.5. The minimum atomic E-state index is -5.63. The quantitative estimate of drug-likeness (QED) is 0.455. The van der Waals surface area contributed by atoms with Gasteiger partial charge in [0.15, 0.2) is 6.67 Å². The van der Waals surface area contributed by atoms with Crippen LogP contribution in [0.3, 0.4) is 0 Å². The van der Waals surface area contributed by atoms with Gasteiger partial charge in [-0.2, -0.15) is 35.1 Å². The standard InChI is InChI=1S/C2ClF5.C2H2F4/c3-1(4,5)2(6,7)8;3-1-2(4,5)6/h;1H2. The third-order valence-electron chi connectivity index (χ3n) is 0.473. The van der Waals surface area contributed by atoms with Crippen LogP contribution in [0.25, 0.3) is 0 Å². The molecule has 0 saturated carbocycles. The van der Waals surface area contributed by atoms with E-state index in [0.717, 1.165) is 0 Å². The van der Waals surface area contributed by atoms with Crippen molar-refractivity contribution in [3.8, 4) is 0 Å². The lowest BCUT2D eigenvalue weighted by atomic mass is 10.7. The smallest absolute Gasteiger partial charge is 0.241 e. The molecule has 0 aliphatic rings. The molecule has 0 saturated heterocycles. The summed E-state index contributed by atoms with van der Waals surface area (Å²) in [6.07, 6.45) is -10.3. The Kier molecular flexibility index (Phi) is 5.69. The Morgan fingerprint density at radius 3 is 0.929 bits per heavy atom. The third-order valence-corrected chi connectivity index (χ3v) is 0.687. The molecule has 0 unspecified atom stereocenters. The van der Waals surface area contributed by atoms with Crippen LogP contribution < -0.4 is 0 Å². The maximum absolute atomic E-state index is 10.9. The molecule has 0 aromatic rings. The molecule has 0 aromatic carbocycles. The normalized spacial score (nSPS) is 13.3. The van der Waals surface area contributed by atoms with Crippen molar-refractivity contribution in [3.05, 3.63) is 0 Å². The van der Waals surface area contributed by atoms with Gasteiger partial charge in [-0.25, -0.2) is 4.39 Å². The van der Waals surface area contributed by atoms with Crippen molar-refractivity contribution >= 4 is 11.6 Å². The fourth-order valence-electron chi connectivity index (χ4n) is 0. The first kappa shape index (κ1) is 16.1. The Labute approximate surface area is 76.6 Å². The second kappa shape index (κ2) is 4.94. The maximum Gasteiger partial charge on any atom is 0.469 e. The molecule has 0 N–H and O–H groups in total. The van der Waals surface area contributed by atoms with Crippen LogP contribution in [-0.4, -0.2) is 24.4 Å². The van der Waals surface area contributed by atoms with Gasteiger partial charge in [0, 0.05) is 0 Å². The fraction of sp³-hybridized carbons (Fsp3) is 1.00. The molecule has 0 radical (unpaired) electrons. The molecule has 0 atom stereocenters. The number of alkyl halides is 10. The van der Waals surface area contributed by atoms with Gasteiger partial charge in [-0.3, -0.25) is 0 Å². The van der Waals surface area contributed by atoms with Crippen LogP contribution in [0, 0.1) is 0 Å². The van der Waals surface area contributed by atoms with Gasteiger partial charge in [0.2, 0.25) is 0 Å². The van der Waals surface area contributed by atoms with Crippen LogP contribution in [0.15, 0.2) is 0 Å². The summed E-state index contributed by atoms with van der Waals surface area (Å²) >= 11 is 3.55. The molecule has 10 heteroatoms. The SMILES string of the molecule is FC(F)(F)C(F)(F)Cl.FCC(F)(F)F. The number of halogens is 10.